The predicted molar refractivity (Wildman–Crippen MR) is 60.2 cm³/mol. The number of hydrogen-bond acceptors (Lipinski definition) is 2. The first-order valence-corrected chi connectivity index (χ1v) is 5.88. The normalized spacial score (nSPS) is 14.6. The lowest BCUT2D eigenvalue weighted by Crippen LogP contribution is -2.41. The van der Waals surface area contributed by atoms with Crippen molar-refractivity contribution < 1.29 is 14.7 Å². The molecule has 0 heterocycles. The maximum absolute atomic E-state index is 11.6. The van der Waals surface area contributed by atoms with Crippen molar-refractivity contribution in [1.29, 1.82) is 0 Å². The Labute approximate surface area is 95.8 Å². The zero-order valence-corrected chi connectivity index (χ0v) is 9.74. The van der Waals surface area contributed by atoms with Gasteiger partial charge in [-0.2, -0.15) is 0 Å². The third kappa shape index (κ3) is 5.00. The Kier molecular flexibility index (Phi) is 5.08. The van der Waals surface area contributed by atoms with Gasteiger partial charge in [-0.3, -0.25) is 4.79 Å². The van der Waals surface area contributed by atoms with Crippen molar-refractivity contribution in [3.8, 4) is 0 Å². The van der Waals surface area contributed by atoms with E-state index in [1.54, 1.807) is 0 Å². The number of aliphatic carboxylic acids is 1. The molecule has 16 heavy (non-hydrogen) atoms. The largest absolute Gasteiger partial charge is 0.481 e. The lowest BCUT2D eigenvalue weighted by Gasteiger charge is -2.20. The van der Waals surface area contributed by atoms with Crippen LogP contribution in [-0.2, 0) is 4.79 Å². The van der Waals surface area contributed by atoms with Gasteiger partial charge in [0.05, 0.1) is 6.42 Å². The van der Waals surface area contributed by atoms with Crippen LogP contribution < -0.4 is 5.32 Å². The van der Waals surface area contributed by atoms with Crippen molar-refractivity contribution >= 4 is 12.0 Å². The molecule has 0 radical (unpaired) electrons. The Morgan fingerprint density at radius 1 is 1.44 bits per heavy atom. The number of amides is 2. The SMILES string of the molecule is CCN(CCC(=O)O)C(=O)NCCC1CC1. The van der Waals surface area contributed by atoms with Gasteiger partial charge < -0.3 is 15.3 Å². The van der Waals surface area contributed by atoms with E-state index in [-0.39, 0.29) is 19.0 Å². The van der Waals surface area contributed by atoms with Gasteiger partial charge in [-0.15, -0.1) is 0 Å². The summed E-state index contributed by atoms with van der Waals surface area (Å²) in [7, 11) is 0. The van der Waals surface area contributed by atoms with Gasteiger partial charge in [0.2, 0.25) is 0 Å². The van der Waals surface area contributed by atoms with E-state index in [1.165, 1.54) is 17.7 Å². The highest BCUT2D eigenvalue weighted by atomic mass is 16.4. The number of urea groups is 1. The summed E-state index contributed by atoms with van der Waals surface area (Å²) < 4.78 is 0. The van der Waals surface area contributed by atoms with Crippen LogP contribution in [0.5, 0.6) is 0 Å². The Hall–Kier alpha value is -1.26. The van der Waals surface area contributed by atoms with Crippen molar-refractivity contribution in [2.75, 3.05) is 19.6 Å². The van der Waals surface area contributed by atoms with E-state index in [0.717, 1.165) is 12.3 Å². The van der Waals surface area contributed by atoms with Crippen molar-refractivity contribution in [1.82, 2.24) is 10.2 Å². The molecular formula is C11H20N2O3. The van der Waals surface area contributed by atoms with Crippen LogP contribution in [0, 0.1) is 5.92 Å². The molecule has 0 atom stereocenters. The number of carbonyl (C=O) groups excluding carboxylic acids is 1. The van der Waals surface area contributed by atoms with Gasteiger partial charge in [-0.1, -0.05) is 12.8 Å². The highest BCUT2D eigenvalue weighted by Gasteiger charge is 2.21. The molecule has 92 valence electrons. The first-order chi connectivity index (χ1) is 7.63. The smallest absolute Gasteiger partial charge is 0.317 e. The van der Waals surface area contributed by atoms with E-state index in [0.29, 0.717) is 13.1 Å². The second-order valence-electron chi connectivity index (χ2n) is 4.19. The van der Waals surface area contributed by atoms with Gasteiger partial charge in [0.15, 0.2) is 0 Å². The number of carboxylic acids is 1. The van der Waals surface area contributed by atoms with Gasteiger partial charge >= 0.3 is 12.0 Å². The zero-order valence-electron chi connectivity index (χ0n) is 9.74. The fourth-order valence-corrected chi connectivity index (χ4v) is 1.54. The summed E-state index contributed by atoms with van der Waals surface area (Å²) in [5.41, 5.74) is 0. The Morgan fingerprint density at radius 3 is 2.62 bits per heavy atom. The van der Waals surface area contributed by atoms with Crippen molar-refractivity contribution in [2.45, 2.75) is 32.6 Å². The first kappa shape index (κ1) is 12.8. The van der Waals surface area contributed by atoms with Crippen LogP contribution in [0.1, 0.15) is 32.6 Å². The number of nitrogens with one attached hydrogen (secondary N) is 1. The summed E-state index contributed by atoms with van der Waals surface area (Å²) in [6.45, 7) is 3.37. The lowest BCUT2D eigenvalue weighted by molar-refractivity contribution is -0.137. The highest BCUT2D eigenvalue weighted by Crippen LogP contribution is 2.31. The zero-order chi connectivity index (χ0) is 12.0. The molecule has 0 aliphatic heterocycles. The van der Waals surface area contributed by atoms with Gasteiger partial charge in [0, 0.05) is 19.6 Å². The fraction of sp³-hybridized carbons (Fsp3) is 0.818. The van der Waals surface area contributed by atoms with Gasteiger partial charge in [-0.05, 0) is 19.3 Å². The molecule has 1 fully saturated rings. The molecule has 5 heteroatoms. The van der Waals surface area contributed by atoms with Crippen LogP contribution >= 0.6 is 0 Å². The van der Waals surface area contributed by atoms with Crippen LogP contribution in [0.4, 0.5) is 4.79 Å². The topological polar surface area (TPSA) is 69.6 Å². The van der Waals surface area contributed by atoms with Gasteiger partial charge in [0.1, 0.15) is 0 Å². The average molecular weight is 228 g/mol. The molecule has 0 unspecified atom stereocenters. The predicted octanol–water partition coefficient (Wildman–Crippen LogP) is 1.29. The van der Waals surface area contributed by atoms with E-state index >= 15 is 0 Å². The van der Waals surface area contributed by atoms with E-state index in [9.17, 15) is 9.59 Å². The summed E-state index contributed by atoms with van der Waals surface area (Å²) in [6.07, 6.45) is 3.62. The van der Waals surface area contributed by atoms with Gasteiger partial charge in [-0.25, -0.2) is 4.79 Å². The minimum absolute atomic E-state index is 0.00385. The molecule has 0 bridgehead atoms. The van der Waals surface area contributed by atoms with Crippen LogP contribution in [0.15, 0.2) is 0 Å². The number of rotatable bonds is 7. The van der Waals surface area contributed by atoms with Gasteiger partial charge in [0.25, 0.3) is 0 Å². The van der Waals surface area contributed by atoms with Crippen LogP contribution in [-0.4, -0.2) is 41.6 Å². The number of hydrogen-bond donors (Lipinski definition) is 2. The monoisotopic (exact) mass is 228 g/mol. The molecule has 1 aliphatic carbocycles. The second-order valence-corrected chi connectivity index (χ2v) is 4.19. The quantitative estimate of drug-likeness (QED) is 0.690. The molecular weight excluding hydrogens is 208 g/mol. The molecule has 0 aromatic rings. The molecule has 1 rings (SSSR count). The third-order valence-corrected chi connectivity index (χ3v) is 2.79. The third-order valence-electron chi connectivity index (χ3n) is 2.79. The summed E-state index contributed by atoms with van der Waals surface area (Å²) in [5.74, 6) is -0.0707. The standard InChI is InChI=1S/C11H20N2O3/c1-2-13(8-6-10(14)15)11(16)12-7-5-9-3-4-9/h9H,2-8H2,1H3,(H,12,16)(H,14,15). The highest BCUT2D eigenvalue weighted by molar-refractivity contribution is 5.75. The molecule has 1 aliphatic rings. The maximum atomic E-state index is 11.6. The van der Waals surface area contributed by atoms with Crippen molar-refractivity contribution in [3.05, 3.63) is 0 Å². The summed E-state index contributed by atoms with van der Waals surface area (Å²) >= 11 is 0. The number of carboxylic acid groups (broad SMARTS) is 1. The minimum Gasteiger partial charge on any atom is -0.481 e. The van der Waals surface area contributed by atoms with E-state index in [2.05, 4.69) is 5.32 Å². The molecule has 0 saturated heterocycles. The number of nitrogens with zero attached hydrogens (tertiary/aromatic N) is 1. The van der Waals surface area contributed by atoms with E-state index in [1.807, 2.05) is 6.92 Å². The molecule has 0 aromatic carbocycles. The molecule has 1 saturated carbocycles. The first-order valence-electron chi connectivity index (χ1n) is 5.88. The molecule has 0 spiro atoms. The Bertz CT molecular complexity index is 252. The van der Waals surface area contributed by atoms with Crippen molar-refractivity contribution in [2.24, 2.45) is 5.92 Å². The average Bonchev–Trinajstić information content (AvgIpc) is 3.02. The molecule has 5 nitrogen and oxygen atoms in total. The second kappa shape index (κ2) is 6.35. The van der Waals surface area contributed by atoms with Crippen LogP contribution in [0.3, 0.4) is 0 Å². The summed E-state index contributed by atoms with van der Waals surface area (Å²) in [5, 5.41) is 11.4. The summed E-state index contributed by atoms with van der Waals surface area (Å²) in [6, 6.07) is -0.149. The van der Waals surface area contributed by atoms with Crippen molar-refractivity contribution in [3.63, 3.8) is 0 Å². The Morgan fingerprint density at radius 2 is 2.12 bits per heavy atom. The molecule has 2 amide bonds. The van der Waals surface area contributed by atoms with Crippen LogP contribution in [0.25, 0.3) is 0 Å². The van der Waals surface area contributed by atoms with E-state index < -0.39 is 5.97 Å². The Balaban J connectivity index is 2.15. The number of carbonyl (C=O) groups is 2. The maximum Gasteiger partial charge on any atom is 0.317 e. The molecule has 0 aromatic heterocycles. The summed E-state index contributed by atoms with van der Waals surface area (Å²) in [4.78, 5) is 23.5. The molecule has 2 N–H and O–H groups in total. The van der Waals surface area contributed by atoms with E-state index in [4.69, 9.17) is 5.11 Å². The fourth-order valence-electron chi connectivity index (χ4n) is 1.54. The lowest BCUT2D eigenvalue weighted by atomic mass is 10.3. The van der Waals surface area contributed by atoms with Crippen LogP contribution in [0.2, 0.25) is 0 Å². The minimum atomic E-state index is -0.871.